The predicted molar refractivity (Wildman–Crippen MR) is 100 cm³/mol. The van der Waals surface area contributed by atoms with Crippen LogP contribution < -0.4 is 20.1 Å². The molecule has 2 aliphatic rings. The number of halogens is 2. The van der Waals surface area contributed by atoms with Crippen LogP contribution in [0.15, 0.2) is 47.4 Å². The van der Waals surface area contributed by atoms with Gasteiger partial charge in [0.1, 0.15) is 5.92 Å². The summed E-state index contributed by atoms with van der Waals surface area (Å²) in [6.07, 6.45) is -2.85. The number of rotatable bonds is 4. The van der Waals surface area contributed by atoms with Crippen LogP contribution in [0.2, 0.25) is 0 Å². The van der Waals surface area contributed by atoms with Gasteiger partial charge in [0.25, 0.3) is 0 Å². The molecule has 0 aromatic heterocycles. The van der Waals surface area contributed by atoms with Crippen molar-refractivity contribution < 1.29 is 36.3 Å². The monoisotopic (exact) mass is 438 g/mol. The molecule has 2 atom stereocenters. The van der Waals surface area contributed by atoms with Crippen molar-refractivity contribution in [2.45, 2.75) is 17.1 Å². The summed E-state index contributed by atoms with van der Waals surface area (Å²) in [5, 5.41) is 5.01. The first-order valence-corrected chi connectivity index (χ1v) is 10.7. The van der Waals surface area contributed by atoms with E-state index >= 15 is 0 Å². The Hall–Kier alpha value is -3.21. The van der Waals surface area contributed by atoms with Gasteiger partial charge < -0.3 is 20.1 Å². The lowest BCUT2D eigenvalue weighted by atomic mass is 9.87. The van der Waals surface area contributed by atoms with Crippen LogP contribution in [0, 0.1) is 5.92 Å². The topological polar surface area (TPSA) is 111 Å². The van der Waals surface area contributed by atoms with Crippen LogP contribution in [0.5, 0.6) is 11.5 Å². The highest BCUT2D eigenvalue weighted by molar-refractivity contribution is 7.90. The van der Waals surface area contributed by atoms with E-state index in [0.29, 0.717) is 0 Å². The molecule has 2 aromatic rings. The Bertz CT molecular complexity index is 1150. The number of carbonyl (C=O) groups is 2. The quantitative estimate of drug-likeness (QED) is 0.706. The van der Waals surface area contributed by atoms with Gasteiger partial charge in [-0.3, -0.25) is 9.59 Å². The third kappa shape index (κ3) is 3.56. The first-order valence-electron chi connectivity index (χ1n) is 8.83. The Labute approximate surface area is 170 Å². The summed E-state index contributed by atoms with van der Waals surface area (Å²) in [6, 6.07) is 9.98. The molecule has 30 heavy (non-hydrogen) atoms. The average Bonchev–Trinajstić information content (AvgIpc) is 3.18. The average molecular weight is 438 g/mol. The van der Waals surface area contributed by atoms with E-state index < -0.39 is 39.8 Å². The molecule has 8 nitrogen and oxygen atoms in total. The molecule has 158 valence electrons. The summed E-state index contributed by atoms with van der Waals surface area (Å²) in [4.78, 5) is 25.2. The maximum atomic E-state index is 13.5. The van der Waals surface area contributed by atoms with Gasteiger partial charge in [0.05, 0.1) is 10.6 Å². The molecule has 11 heteroatoms. The summed E-state index contributed by atoms with van der Waals surface area (Å²) in [5.41, 5.74) is 0.229. The van der Waals surface area contributed by atoms with Crippen molar-refractivity contribution in [3.8, 4) is 11.5 Å². The molecule has 0 spiro atoms. The molecule has 0 aliphatic carbocycles. The lowest BCUT2D eigenvalue weighted by molar-refractivity contribution is -0.287. The zero-order valence-electron chi connectivity index (χ0n) is 15.5. The van der Waals surface area contributed by atoms with Crippen LogP contribution in [-0.2, 0) is 19.4 Å². The van der Waals surface area contributed by atoms with Gasteiger partial charge in [0.2, 0.25) is 11.8 Å². The van der Waals surface area contributed by atoms with Crippen LogP contribution in [0.1, 0.15) is 11.5 Å². The second-order valence-electron chi connectivity index (χ2n) is 6.93. The summed E-state index contributed by atoms with van der Waals surface area (Å²) in [5.74, 6) is -3.93. The zero-order chi connectivity index (χ0) is 21.7. The minimum absolute atomic E-state index is 0.00995. The Morgan fingerprint density at radius 1 is 1.17 bits per heavy atom. The third-order valence-corrected chi connectivity index (χ3v) is 6.02. The van der Waals surface area contributed by atoms with Gasteiger partial charge in [-0.1, -0.05) is 24.3 Å². The van der Waals surface area contributed by atoms with E-state index in [9.17, 15) is 26.8 Å². The highest BCUT2D eigenvalue weighted by Crippen LogP contribution is 2.47. The first-order chi connectivity index (χ1) is 14.1. The largest absolute Gasteiger partial charge is 0.586 e. The molecular formula is C19H16F2N2O6S. The summed E-state index contributed by atoms with van der Waals surface area (Å²) in [6.45, 7) is 0.00995. The van der Waals surface area contributed by atoms with Gasteiger partial charge in [-0.2, -0.15) is 0 Å². The minimum Gasteiger partial charge on any atom is -0.395 e. The van der Waals surface area contributed by atoms with E-state index in [1.807, 2.05) is 0 Å². The molecule has 2 heterocycles. The second-order valence-corrected chi connectivity index (χ2v) is 8.91. The summed E-state index contributed by atoms with van der Waals surface area (Å²) >= 11 is 0. The maximum Gasteiger partial charge on any atom is 0.586 e. The van der Waals surface area contributed by atoms with Crippen molar-refractivity contribution in [2.75, 3.05) is 18.1 Å². The van der Waals surface area contributed by atoms with E-state index in [1.54, 1.807) is 0 Å². The van der Waals surface area contributed by atoms with E-state index in [2.05, 4.69) is 20.1 Å². The van der Waals surface area contributed by atoms with Crippen LogP contribution in [0.4, 0.5) is 14.5 Å². The summed E-state index contributed by atoms with van der Waals surface area (Å²) < 4.78 is 60.0. The first kappa shape index (κ1) is 20.1. The second kappa shape index (κ2) is 6.94. The van der Waals surface area contributed by atoms with E-state index in [0.717, 1.165) is 6.26 Å². The standard InChI is InChI=1S/C19H16F2N2O6S/c1-30(26,27)14-8-3-2-6-12(14)23-18(25)15-11(9-22-17(15)24)10-5-4-7-13-16(10)29-19(20,21)28-13/h2-8,11,15H,9H2,1H3,(H,22,24)(H,23,25)/t11-,15-/m1/s1. The fraction of sp³-hybridized carbons (Fsp3) is 0.263. The number of hydrogen-bond donors (Lipinski definition) is 2. The van der Waals surface area contributed by atoms with Crippen molar-refractivity contribution in [2.24, 2.45) is 5.92 Å². The van der Waals surface area contributed by atoms with Crippen LogP contribution in [0.3, 0.4) is 0 Å². The molecule has 0 bridgehead atoms. The molecule has 1 saturated heterocycles. The number of hydrogen-bond acceptors (Lipinski definition) is 6. The van der Waals surface area contributed by atoms with Crippen molar-refractivity contribution in [1.82, 2.24) is 5.32 Å². The molecule has 2 aromatic carbocycles. The molecule has 4 rings (SSSR count). The number of amides is 2. The number of ether oxygens (including phenoxy) is 2. The van der Waals surface area contributed by atoms with Crippen molar-refractivity contribution in [3.05, 3.63) is 48.0 Å². The molecule has 0 radical (unpaired) electrons. The van der Waals surface area contributed by atoms with Crippen LogP contribution in [0.25, 0.3) is 0 Å². The van der Waals surface area contributed by atoms with Crippen molar-refractivity contribution in [3.63, 3.8) is 0 Å². The normalized spacial score (nSPS) is 21.9. The Balaban J connectivity index is 1.67. The van der Waals surface area contributed by atoms with Crippen molar-refractivity contribution in [1.29, 1.82) is 0 Å². The van der Waals surface area contributed by atoms with Gasteiger partial charge in [-0.25, -0.2) is 8.42 Å². The highest BCUT2D eigenvalue weighted by Gasteiger charge is 2.48. The number of anilines is 1. The lowest BCUT2D eigenvalue weighted by Crippen LogP contribution is -2.32. The van der Waals surface area contributed by atoms with Crippen LogP contribution in [-0.4, -0.2) is 39.3 Å². The number of nitrogens with one attached hydrogen (secondary N) is 2. The number of fused-ring (bicyclic) bond motifs is 1. The molecule has 2 N–H and O–H groups in total. The molecule has 2 aliphatic heterocycles. The number of benzene rings is 2. The number of carbonyl (C=O) groups excluding carboxylic acids is 2. The number of alkyl halides is 2. The number of para-hydroxylation sites is 2. The van der Waals surface area contributed by atoms with Crippen molar-refractivity contribution >= 4 is 27.3 Å². The zero-order valence-corrected chi connectivity index (χ0v) is 16.3. The summed E-state index contributed by atoms with van der Waals surface area (Å²) in [7, 11) is -3.64. The smallest absolute Gasteiger partial charge is 0.395 e. The van der Waals surface area contributed by atoms with Gasteiger partial charge in [-0.15, -0.1) is 8.78 Å². The Kier molecular flexibility index (Phi) is 4.64. The van der Waals surface area contributed by atoms with E-state index in [1.165, 1.54) is 42.5 Å². The third-order valence-electron chi connectivity index (χ3n) is 4.87. The van der Waals surface area contributed by atoms with E-state index in [4.69, 9.17) is 0 Å². The molecule has 0 saturated carbocycles. The van der Waals surface area contributed by atoms with Gasteiger partial charge in [0.15, 0.2) is 21.3 Å². The molecular weight excluding hydrogens is 422 g/mol. The van der Waals surface area contributed by atoms with E-state index in [-0.39, 0.29) is 34.2 Å². The Morgan fingerprint density at radius 3 is 2.63 bits per heavy atom. The van der Waals surface area contributed by atoms with Gasteiger partial charge in [0, 0.05) is 24.3 Å². The minimum atomic E-state index is -3.85. The number of sulfone groups is 1. The molecule has 0 unspecified atom stereocenters. The van der Waals surface area contributed by atoms with Crippen LogP contribution >= 0.6 is 0 Å². The lowest BCUT2D eigenvalue weighted by Gasteiger charge is -2.19. The van der Waals surface area contributed by atoms with Gasteiger partial charge >= 0.3 is 6.29 Å². The molecule has 1 fully saturated rings. The fourth-order valence-electron chi connectivity index (χ4n) is 3.60. The molecule has 2 amide bonds. The predicted octanol–water partition coefficient (Wildman–Crippen LogP) is 1.88. The highest BCUT2D eigenvalue weighted by atomic mass is 32.2. The maximum absolute atomic E-state index is 13.5. The Morgan fingerprint density at radius 2 is 1.90 bits per heavy atom. The SMILES string of the molecule is CS(=O)(=O)c1ccccc1NC(=O)[C@H]1C(=O)NC[C@@H]1c1cccc2c1OC(F)(F)O2. The fourth-order valence-corrected chi connectivity index (χ4v) is 4.44. The van der Waals surface area contributed by atoms with Gasteiger partial charge in [-0.05, 0) is 18.2 Å².